The Morgan fingerprint density at radius 3 is 2.32 bits per heavy atom. The van der Waals surface area contributed by atoms with Crippen molar-refractivity contribution in [3.63, 3.8) is 0 Å². The molecule has 28 heavy (non-hydrogen) atoms. The minimum absolute atomic E-state index is 0.240. The maximum absolute atomic E-state index is 12.0. The largest absolute Gasteiger partial charge is 0.493 e. The topological polar surface area (TPSA) is 103 Å². The molecule has 0 fully saturated rings. The van der Waals surface area contributed by atoms with Gasteiger partial charge in [-0.15, -0.1) is 0 Å². The molecule has 0 unspecified atom stereocenters. The van der Waals surface area contributed by atoms with Crippen molar-refractivity contribution in [1.29, 1.82) is 0 Å². The molecule has 0 saturated carbocycles. The third-order valence-corrected chi connectivity index (χ3v) is 3.83. The van der Waals surface area contributed by atoms with Crippen LogP contribution in [0.5, 0.6) is 11.5 Å². The average molecular weight is 386 g/mol. The quantitative estimate of drug-likeness (QED) is 0.532. The first-order valence-electron chi connectivity index (χ1n) is 8.42. The summed E-state index contributed by atoms with van der Waals surface area (Å²) in [6.45, 7) is 0.240. The first-order chi connectivity index (χ1) is 13.5. The van der Waals surface area contributed by atoms with Gasteiger partial charge in [0, 0.05) is 12.2 Å². The number of anilines is 1. The standard InChI is InChI=1S/C20H22N2O6/c1-26-16-8-7-13(9-17(16)27-2)12-21-18(23)11-19(24)22-15-6-4-5-14(10-15)20(25)28-3/h4-10H,11-12H2,1-3H3,(H,21,23)(H,22,24). The molecular weight excluding hydrogens is 364 g/mol. The van der Waals surface area contributed by atoms with Crippen LogP contribution < -0.4 is 20.1 Å². The highest BCUT2D eigenvalue weighted by molar-refractivity contribution is 6.04. The molecular formula is C20H22N2O6. The first-order valence-corrected chi connectivity index (χ1v) is 8.42. The Balaban J connectivity index is 1.88. The number of carbonyl (C=O) groups is 3. The molecule has 8 nitrogen and oxygen atoms in total. The van der Waals surface area contributed by atoms with Crippen LogP contribution in [0, 0.1) is 0 Å². The zero-order valence-electron chi connectivity index (χ0n) is 15.9. The number of hydrogen-bond donors (Lipinski definition) is 2. The van der Waals surface area contributed by atoms with E-state index in [1.165, 1.54) is 20.3 Å². The van der Waals surface area contributed by atoms with Gasteiger partial charge in [0.15, 0.2) is 11.5 Å². The predicted molar refractivity (Wildman–Crippen MR) is 102 cm³/mol. The number of benzene rings is 2. The molecule has 0 radical (unpaired) electrons. The highest BCUT2D eigenvalue weighted by Gasteiger charge is 2.12. The van der Waals surface area contributed by atoms with Crippen LogP contribution in [0.1, 0.15) is 22.3 Å². The van der Waals surface area contributed by atoms with Gasteiger partial charge >= 0.3 is 5.97 Å². The van der Waals surface area contributed by atoms with Crippen LogP contribution in [0.25, 0.3) is 0 Å². The van der Waals surface area contributed by atoms with E-state index in [-0.39, 0.29) is 13.0 Å². The monoisotopic (exact) mass is 386 g/mol. The zero-order chi connectivity index (χ0) is 20.5. The Bertz CT molecular complexity index is 866. The number of amides is 2. The van der Waals surface area contributed by atoms with Gasteiger partial charge < -0.3 is 24.8 Å². The van der Waals surface area contributed by atoms with Crippen molar-refractivity contribution in [3.05, 3.63) is 53.6 Å². The molecule has 0 aliphatic heterocycles. The third kappa shape index (κ3) is 5.73. The van der Waals surface area contributed by atoms with E-state index in [2.05, 4.69) is 15.4 Å². The lowest BCUT2D eigenvalue weighted by Crippen LogP contribution is -2.27. The van der Waals surface area contributed by atoms with Crippen molar-refractivity contribution in [3.8, 4) is 11.5 Å². The third-order valence-electron chi connectivity index (χ3n) is 3.83. The summed E-state index contributed by atoms with van der Waals surface area (Å²) in [5.74, 6) is -0.296. The molecule has 0 aromatic heterocycles. The first kappa shape index (κ1) is 20.8. The van der Waals surface area contributed by atoms with Gasteiger partial charge in [0.05, 0.1) is 26.9 Å². The molecule has 0 saturated heterocycles. The van der Waals surface area contributed by atoms with E-state index in [4.69, 9.17) is 9.47 Å². The summed E-state index contributed by atoms with van der Waals surface area (Å²) >= 11 is 0. The molecule has 2 amide bonds. The van der Waals surface area contributed by atoms with Crippen molar-refractivity contribution < 1.29 is 28.6 Å². The van der Waals surface area contributed by atoms with Crippen LogP contribution in [0.15, 0.2) is 42.5 Å². The fourth-order valence-electron chi connectivity index (χ4n) is 2.45. The van der Waals surface area contributed by atoms with E-state index in [0.717, 1.165) is 5.56 Å². The summed E-state index contributed by atoms with van der Waals surface area (Å²) in [5, 5.41) is 5.25. The van der Waals surface area contributed by atoms with Crippen LogP contribution in [-0.4, -0.2) is 39.1 Å². The molecule has 2 aromatic carbocycles. The highest BCUT2D eigenvalue weighted by atomic mass is 16.5. The van der Waals surface area contributed by atoms with Crippen LogP contribution in [0.4, 0.5) is 5.69 Å². The van der Waals surface area contributed by atoms with Crippen LogP contribution in [0.2, 0.25) is 0 Å². The second-order valence-electron chi connectivity index (χ2n) is 5.76. The summed E-state index contributed by atoms with van der Waals surface area (Å²) in [7, 11) is 4.34. The number of methoxy groups -OCH3 is 3. The lowest BCUT2D eigenvalue weighted by molar-refractivity contribution is -0.126. The Morgan fingerprint density at radius 1 is 0.893 bits per heavy atom. The minimum Gasteiger partial charge on any atom is -0.493 e. The highest BCUT2D eigenvalue weighted by Crippen LogP contribution is 2.27. The van der Waals surface area contributed by atoms with E-state index in [1.807, 2.05) is 0 Å². The van der Waals surface area contributed by atoms with E-state index in [0.29, 0.717) is 22.7 Å². The molecule has 2 N–H and O–H groups in total. The van der Waals surface area contributed by atoms with E-state index < -0.39 is 17.8 Å². The summed E-state index contributed by atoms with van der Waals surface area (Å²) < 4.78 is 15.0. The van der Waals surface area contributed by atoms with Crippen molar-refractivity contribution in [2.45, 2.75) is 13.0 Å². The van der Waals surface area contributed by atoms with Crippen molar-refractivity contribution in [2.75, 3.05) is 26.6 Å². The van der Waals surface area contributed by atoms with Crippen LogP contribution in [0.3, 0.4) is 0 Å². The van der Waals surface area contributed by atoms with E-state index >= 15 is 0 Å². The Morgan fingerprint density at radius 2 is 1.64 bits per heavy atom. The average Bonchev–Trinajstić information content (AvgIpc) is 2.71. The summed E-state index contributed by atoms with van der Waals surface area (Å²) in [6, 6.07) is 11.5. The second-order valence-corrected chi connectivity index (χ2v) is 5.76. The SMILES string of the molecule is COC(=O)c1cccc(NC(=O)CC(=O)NCc2ccc(OC)c(OC)c2)c1. The fraction of sp³-hybridized carbons (Fsp3) is 0.250. The molecule has 0 bridgehead atoms. The van der Waals surface area contributed by atoms with Gasteiger partial charge in [-0.2, -0.15) is 0 Å². The maximum Gasteiger partial charge on any atom is 0.337 e. The van der Waals surface area contributed by atoms with Gasteiger partial charge in [-0.3, -0.25) is 9.59 Å². The molecule has 8 heteroatoms. The maximum atomic E-state index is 12.0. The van der Waals surface area contributed by atoms with Crippen molar-refractivity contribution in [2.24, 2.45) is 0 Å². The van der Waals surface area contributed by atoms with Crippen LogP contribution >= 0.6 is 0 Å². The van der Waals surface area contributed by atoms with Gasteiger partial charge in [-0.05, 0) is 35.9 Å². The number of hydrogen-bond acceptors (Lipinski definition) is 6. The molecule has 2 aromatic rings. The number of rotatable bonds is 8. The molecule has 0 atom stereocenters. The normalized spacial score (nSPS) is 9.96. The van der Waals surface area contributed by atoms with Crippen molar-refractivity contribution >= 4 is 23.5 Å². The second kappa shape index (κ2) is 9.96. The number of nitrogens with one attached hydrogen (secondary N) is 2. The number of esters is 1. The van der Waals surface area contributed by atoms with E-state index in [1.54, 1.807) is 43.5 Å². The molecule has 0 spiro atoms. The summed E-state index contributed by atoms with van der Waals surface area (Å²) in [4.78, 5) is 35.6. The summed E-state index contributed by atoms with van der Waals surface area (Å²) in [6.07, 6.45) is -0.351. The van der Waals surface area contributed by atoms with Gasteiger partial charge in [0.1, 0.15) is 6.42 Å². The predicted octanol–water partition coefficient (Wildman–Crippen LogP) is 2.14. The van der Waals surface area contributed by atoms with Gasteiger partial charge in [-0.1, -0.05) is 12.1 Å². The summed E-state index contributed by atoms with van der Waals surface area (Å²) in [5.41, 5.74) is 1.51. The van der Waals surface area contributed by atoms with Gasteiger partial charge in [0.2, 0.25) is 11.8 Å². The fourth-order valence-corrected chi connectivity index (χ4v) is 2.45. The van der Waals surface area contributed by atoms with Gasteiger partial charge in [-0.25, -0.2) is 4.79 Å². The Labute approximate surface area is 162 Å². The molecule has 0 aliphatic carbocycles. The Kier molecular flexibility index (Phi) is 7.38. The Hall–Kier alpha value is -3.55. The zero-order valence-corrected chi connectivity index (χ0v) is 15.9. The lowest BCUT2D eigenvalue weighted by atomic mass is 10.2. The van der Waals surface area contributed by atoms with Crippen molar-refractivity contribution in [1.82, 2.24) is 5.32 Å². The molecule has 0 aliphatic rings. The lowest BCUT2D eigenvalue weighted by Gasteiger charge is -2.10. The number of ether oxygens (including phenoxy) is 3. The van der Waals surface area contributed by atoms with Gasteiger partial charge in [0.25, 0.3) is 0 Å². The van der Waals surface area contributed by atoms with Crippen LogP contribution in [-0.2, 0) is 20.9 Å². The molecule has 0 heterocycles. The molecule has 2 rings (SSSR count). The smallest absolute Gasteiger partial charge is 0.337 e. The molecule has 148 valence electrons. The van der Waals surface area contributed by atoms with E-state index in [9.17, 15) is 14.4 Å². The number of carbonyl (C=O) groups excluding carboxylic acids is 3. The minimum atomic E-state index is -0.510.